The molecule has 0 fully saturated rings. The zero-order valence-electron chi connectivity index (χ0n) is 13.3. The molecule has 2 rings (SSSR count). The Morgan fingerprint density at radius 2 is 1.50 bits per heavy atom. The molecule has 0 saturated carbocycles. The van der Waals surface area contributed by atoms with Crippen LogP contribution in [0.1, 0.15) is 37.8 Å². The van der Waals surface area contributed by atoms with Crippen LogP contribution in [0.25, 0.3) is 11.6 Å². The van der Waals surface area contributed by atoms with E-state index in [4.69, 9.17) is 0 Å². The van der Waals surface area contributed by atoms with Gasteiger partial charge in [0.25, 0.3) is 5.91 Å². The van der Waals surface area contributed by atoms with E-state index >= 15 is 0 Å². The molecule has 0 aliphatic carbocycles. The van der Waals surface area contributed by atoms with E-state index in [1.807, 2.05) is 66.7 Å². The van der Waals surface area contributed by atoms with Crippen LogP contribution in [-0.4, -0.2) is 11.9 Å². The molecule has 1 N–H and O–H groups in total. The summed E-state index contributed by atoms with van der Waals surface area (Å²) in [6.07, 6.45) is 3.83. The Balaban J connectivity index is 2.34. The van der Waals surface area contributed by atoms with Crippen LogP contribution in [0.4, 0.5) is 0 Å². The van der Waals surface area contributed by atoms with Crippen molar-refractivity contribution in [3.63, 3.8) is 0 Å². The topological polar surface area (TPSA) is 29.1 Å². The lowest BCUT2D eigenvalue weighted by Crippen LogP contribution is -2.34. The highest BCUT2D eigenvalue weighted by Gasteiger charge is 2.15. The number of hydrogen-bond donors (Lipinski definition) is 1. The largest absolute Gasteiger partial charge is 0.349 e. The molecule has 2 aromatic carbocycles. The minimum Gasteiger partial charge on any atom is -0.349 e. The van der Waals surface area contributed by atoms with Crippen molar-refractivity contribution >= 4 is 17.6 Å². The van der Waals surface area contributed by atoms with Crippen LogP contribution in [0.3, 0.4) is 0 Å². The lowest BCUT2D eigenvalue weighted by molar-refractivity contribution is -0.116. The molecule has 2 aromatic rings. The first-order valence-electron chi connectivity index (χ1n) is 7.87. The fourth-order valence-corrected chi connectivity index (χ4v) is 2.37. The van der Waals surface area contributed by atoms with Crippen molar-refractivity contribution in [2.24, 2.45) is 0 Å². The van der Waals surface area contributed by atoms with Crippen molar-refractivity contribution in [1.82, 2.24) is 5.32 Å². The maximum Gasteiger partial charge on any atom is 0.252 e. The SMILES string of the molecule is CCC(CC)NC(=O)/C(=C\c1ccccc1)c1ccccc1. The van der Waals surface area contributed by atoms with E-state index < -0.39 is 0 Å². The maximum absolute atomic E-state index is 12.7. The quantitative estimate of drug-likeness (QED) is 0.615. The Morgan fingerprint density at radius 1 is 0.955 bits per heavy atom. The van der Waals surface area contributed by atoms with Crippen molar-refractivity contribution in [3.8, 4) is 0 Å². The molecule has 0 atom stereocenters. The predicted molar refractivity (Wildman–Crippen MR) is 93.3 cm³/mol. The lowest BCUT2D eigenvalue weighted by atomic mass is 10.0. The summed E-state index contributed by atoms with van der Waals surface area (Å²) in [6.45, 7) is 4.19. The van der Waals surface area contributed by atoms with Gasteiger partial charge in [-0.3, -0.25) is 4.79 Å². The maximum atomic E-state index is 12.7. The standard InChI is InChI=1S/C20H23NO/c1-3-18(4-2)21-20(22)19(17-13-9-6-10-14-17)15-16-11-7-5-8-12-16/h5-15,18H,3-4H2,1-2H3,(H,21,22)/b19-15-. The third-order valence-electron chi connectivity index (χ3n) is 3.76. The second-order valence-corrected chi connectivity index (χ2v) is 5.32. The fourth-order valence-electron chi connectivity index (χ4n) is 2.37. The molecule has 0 spiro atoms. The van der Waals surface area contributed by atoms with Gasteiger partial charge in [-0.2, -0.15) is 0 Å². The highest BCUT2D eigenvalue weighted by atomic mass is 16.1. The molecular formula is C20H23NO. The zero-order valence-corrected chi connectivity index (χ0v) is 13.3. The summed E-state index contributed by atoms with van der Waals surface area (Å²) in [5.41, 5.74) is 2.68. The van der Waals surface area contributed by atoms with Gasteiger partial charge in [0.15, 0.2) is 0 Å². The summed E-state index contributed by atoms with van der Waals surface area (Å²) < 4.78 is 0. The van der Waals surface area contributed by atoms with Crippen LogP contribution in [0.5, 0.6) is 0 Å². The van der Waals surface area contributed by atoms with Gasteiger partial charge in [-0.25, -0.2) is 0 Å². The summed E-state index contributed by atoms with van der Waals surface area (Å²) >= 11 is 0. The number of hydrogen-bond acceptors (Lipinski definition) is 1. The number of amides is 1. The van der Waals surface area contributed by atoms with Crippen molar-refractivity contribution in [2.45, 2.75) is 32.7 Å². The third-order valence-corrected chi connectivity index (χ3v) is 3.76. The van der Waals surface area contributed by atoms with E-state index in [0.29, 0.717) is 5.57 Å². The highest BCUT2D eigenvalue weighted by molar-refractivity contribution is 6.24. The Labute approximate surface area is 132 Å². The summed E-state index contributed by atoms with van der Waals surface area (Å²) in [5.74, 6) is -0.0104. The first kappa shape index (κ1) is 16.0. The third kappa shape index (κ3) is 4.32. The average Bonchev–Trinajstić information content (AvgIpc) is 2.59. The molecule has 0 radical (unpaired) electrons. The van der Waals surface area contributed by atoms with E-state index in [1.54, 1.807) is 0 Å². The van der Waals surface area contributed by atoms with Crippen LogP contribution in [0.15, 0.2) is 60.7 Å². The van der Waals surface area contributed by atoms with Gasteiger partial charge in [0, 0.05) is 11.6 Å². The lowest BCUT2D eigenvalue weighted by Gasteiger charge is -2.16. The van der Waals surface area contributed by atoms with Gasteiger partial charge in [-0.1, -0.05) is 74.5 Å². The van der Waals surface area contributed by atoms with Crippen LogP contribution in [0, 0.1) is 0 Å². The van der Waals surface area contributed by atoms with Gasteiger partial charge in [-0.05, 0) is 30.0 Å². The van der Waals surface area contributed by atoms with Gasteiger partial charge in [0.1, 0.15) is 0 Å². The minimum absolute atomic E-state index is 0.0104. The first-order chi connectivity index (χ1) is 10.7. The van der Waals surface area contributed by atoms with Crippen LogP contribution >= 0.6 is 0 Å². The van der Waals surface area contributed by atoms with Crippen LogP contribution in [-0.2, 0) is 4.79 Å². The van der Waals surface area contributed by atoms with Crippen molar-refractivity contribution in [3.05, 3.63) is 71.8 Å². The molecular weight excluding hydrogens is 270 g/mol. The Bertz CT molecular complexity index is 613. The van der Waals surface area contributed by atoms with E-state index in [0.717, 1.165) is 24.0 Å². The smallest absolute Gasteiger partial charge is 0.252 e. The predicted octanol–water partition coefficient (Wildman–Crippen LogP) is 4.53. The molecule has 0 unspecified atom stereocenters. The van der Waals surface area contributed by atoms with Crippen molar-refractivity contribution in [1.29, 1.82) is 0 Å². The molecule has 1 amide bonds. The minimum atomic E-state index is -0.0104. The fraction of sp³-hybridized carbons (Fsp3) is 0.250. The number of carbonyl (C=O) groups excluding carboxylic acids is 1. The highest BCUT2D eigenvalue weighted by Crippen LogP contribution is 2.19. The van der Waals surface area contributed by atoms with E-state index in [9.17, 15) is 4.79 Å². The summed E-state index contributed by atoms with van der Waals surface area (Å²) in [7, 11) is 0. The van der Waals surface area contributed by atoms with E-state index in [1.165, 1.54) is 0 Å². The molecule has 0 heterocycles. The summed E-state index contributed by atoms with van der Waals surface area (Å²) in [6, 6.07) is 20.0. The van der Waals surface area contributed by atoms with Gasteiger partial charge >= 0.3 is 0 Å². The van der Waals surface area contributed by atoms with Crippen LogP contribution in [0.2, 0.25) is 0 Å². The second-order valence-electron chi connectivity index (χ2n) is 5.32. The second kappa shape index (κ2) is 8.18. The van der Waals surface area contributed by atoms with E-state index in [2.05, 4.69) is 19.2 Å². The van der Waals surface area contributed by atoms with Gasteiger partial charge < -0.3 is 5.32 Å². The van der Waals surface area contributed by atoms with Crippen molar-refractivity contribution < 1.29 is 4.79 Å². The van der Waals surface area contributed by atoms with Crippen LogP contribution < -0.4 is 5.32 Å². The zero-order chi connectivity index (χ0) is 15.8. The normalized spacial score (nSPS) is 11.5. The molecule has 0 bridgehead atoms. The molecule has 2 heteroatoms. The first-order valence-corrected chi connectivity index (χ1v) is 7.87. The monoisotopic (exact) mass is 293 g/mol. The summed E-state index contributed by atoms with van der Waals surface area (Å²) in [5, 5.41) is 3.13. The number of rotatable bonds is 6. The number of carbonyl (C=O) groups is 1. The molecule has 2 nitrogen and oxygen atoms in total. The molecule has 0 aliphatic rings. The molecule has 0 saturated heterocycles. The average molecular weight is 293 g/mol. The Hall–Kier alpha value is -2.35. The van der Waals surface area contributed by atoms with Gasteiger partial charge in [0.05, 0.1) is 0 Å². The molecule has 114 valence electrons. The molecule has 22 heavy (non-hydrogen) atoms. The number of benzene rings is 2. The Morgan fingerprint density at radius 3 is 2.05 bits per heavy atom. The molecule has 0 aliphatic heterocycles. The Kier molecular flexibility index (Phi) is 5.96. The van der Waals surface area contributed by atoms with Gasteiger partial charge in [0.2, 0.25) is 0 Å². The number of nitrogens with one attached hydrogen (secondary N) is 1. The van der Waals surface area contributed by atoms with Gasteiger partial charge in [-0.15, -0.1) is 0 Å². The summed E-state index contributed by atoms with van der Waals surface area (Å²) in [4.78, 5) is 12.7. The van der Waals surface area contributed by atoms with E-state index in [-0.39, 0.29) is 11.9 Å². The molecule has 0 aromatic heterocycles. The van der Waals surface area contributed by atoms with Crippen molar-refractivity contribution in [2.75, 3.05) is 0 Å².